The molecule has 0 unspecified atom stereocenters. The Balaban J connectivity index is 1.43. The Labute approximate surface area is 186 Å². The van der Waals surface area contributed by atoms with Crippen LogP contribution < -0.4 is 0 Å². The average molecular weight is 439 g/mol. The van der Waals surface area contributed by atoms with Crippen molar-refractivity contribution < 1.29 is 14.3 Å². The first-order valence-corrected chi connectivity index (χ1v) is 10.6. The fourth-order valence-electron chi connectivity index (χ4n) is 3.70. The Morgan fingerprint density at radius 1 is 1.03 bits per heavy atom. The highest BCUT2D eigenvalue weighted by atomic mass is 35.5. The summed E-state index contributed by atoms with van der Waals surface area (Å²) < 4.78 is 13.3. The fourth-order valence-corrected chi connectivity index (χ4v) is 3.83. The van der Waals surface area contributed by atoms with Gasteiger partial charge in [-0.05, 0) is 41.0 Å². The van der Waals surface area contributed by atoms with Crippen LogP contribution in [0.3, 0.4) is 0 Å². The van der Waals surface area contributed by atoms with Crippen LogP contribution in [0.1, 0.15) is 29.2 Å². The van der Waals surface area contributed by atoms with Gasteiger partial charge in [0.15, 0.2) is 0 Å². The van der Waals surface area contributed by atoms with E-state index in [2.05, 4.69) is 10.1 Å². The van der Waals surface area contributed by atoms with Gasteiger partial charge in [0.25, 0.3) is 0 Å². The van der Waals surface area contributed by atoms with E-state index in [4.69, 9.17) is 16.4 Å². The molecule has 0 spiro atoms. The van der Waals surface area contributed by atoms with Crippen molar-refractivity contribution in [2.24, 2.45) is 5.16 Å². The third kappa shape index (κ3) is 5.91. The maximum absolute atomic E-state index is 13.3. The summed E-state index contributed by atoms with van der Waals surface area (Å²) in [4.78, 5) is 7.82. The van der Waals surface area contributed by atoms with Crippen molar-refractivity contribution in [1.29, 1.82) is 0 Å². The number of hydrogen-bond acceptors (Lipinski definition) is 4. The number of oxime groups is 1. The average Bonchev–Trinajstić information content (AvgIpc) is 3.25. The minimum Gasteiger partial charge on any atom is -0.390 e. The minimum absolute atomic E-state index is 0.130. The first-order chi connectivity index (χ1) is 15.1. The van der Waals surface area contributed by atoms with Gasteiger partial charge >= 0.3 is 0 Å². The van der Waals surface area contributed by atoms with Crippen molar-refractivity contribution in [2.45, 2.75) is 25.2 Å². The predicted octanol–water partition coefficient (Wildman–Crippen LogP) is 5.21. The van der Waals surface area contributed by atoms with Crippen LogP contribution in [0.25, 0.3) is 0 Å². The highest BCUT2D eigenvalue weighted by Gasteiger charge is 2.26. The van der Waals surface area contributed by atoms with E-state index in [0.29, 0.717) is 31.1 Å². The lowest BCUT2D eigenvalue weighted by Gasteiger charge is -2.27. The SMILES string of the molecule is O[C@@H](CN(Cc1ccc(F)cc1)C[C@H]1CC(c2ccc(Cl)cc2)=NO1)c1ccccc1. The Bertz CT molecular complexity index is 1010. The Hall–Kier alpha value is -2.73. The molecule has 3 aromatic carbocycles. The van der Waals surface area contributed by atoms with Gasteiger partial charge in [-0.15, -0.1) is 0 Å². The second-order valence-corrected chi connectivity index (χ2v) is 8.16. The van der Waals surface area contributed by atoms with E-state index >= 15 is 0 Å². The lowest BCUT2D eigenvalue weighted by molar-refractivity contribution is 0.0318. The minimum atomic E-state index is -0.639. The molecule has 31 heavy (non-hydrogen) atoms. The molecular formula is C25H24ClFN2O2. The molecule has 0 fully saturated rings. The lowest BCUT2D eigenvalue weighted by atomic mass is 10.0. The van der Waals surface area contributed by atoms with Crippen molar-refractivity contribution in [1.82, 2.24) is 4.90 Å². The monoisotopic (exact) mass is 438 g/mol. The molecule has 0 radical (unpaired) electrons. The summed E-state index contributed by atoms with van der Waals surface area (Å²) >= 11 is 5.98. The Morgan fingerprint density at radius 2 is 1.74 bits per heavy atom. The van der Waals surface area contributed by atoms with E-state index in [9.17, 15) is 9.50 Å². The maximum atomic E-state index is 13.3. The van der Waals surface area contributed by atoms with E-state index in [-0.39, 0.29) is 11.9 Å². The molecule has 1 aliphatic heterocycles. The standard InChI is InChI=1S/C25H24ClFN2O2/c26-21-10-8-19(9-11-21)24-14-23(31-28-24)16-29(15-18-6-12-22(27)13-7-18)17-25(30)20-4-2-1-3-5-20/h1-13,23,25,30H,14-17H2/t23-,25+/m1/s1. The number of rotatable bonds is 8. The molecular weight excluding hydrogens is 415 g/mol. The van der Waals surface area contributed by atoms with Gasteiger partial charge in [0.05, 0.1) is 11.8 Å². The van der Waals surface area contributed by atoms with Gasteiger partial charge in [-0.25, -0.2) is 4.39 Å². The van der Waals surface area contributed by atoms with E-state index in [1.54, 1.807) is 12.1 Å². The molecule has 3 aromatic rings. The summed E-state index contributed by atoms with van der Waals surface area (Å²) in [7, 11) is 0. The van der Waals surface area contributed by atoms with Gasteiger partial charge in [-0.2, -0.15) is 0 Å². The van der Waals surface area contributed by atoms with Crippen molar-refractivity contribution >= 4 is 17.3 Å². The Kier molecular flexibility index (Phi) is 6.97. The third-order valence-electron chi connectivity index (χ3n) is 5.31. The third-order valence-corrected chi connectivity index (χ3v) is 5.56. The van der Waals surface area contributed by atoms with Crippen molar-refractivity contribution in [2.75, 3.05) is 13.1 Å². The topological polar surface area (TPSA) is 45.1 Å². The zero-order valence-electron chi connectivity index (χ0n) is 17.0. The number of aliphatic hydroxyl groups excluding tert-OH is 1. The van der Waals surface area contributed by atoms with Crippen LogP contribution in [0, 0.1) is 5.82 Å². The summed E-state index contributed by atoms with van der Waals surface area (Å²) in [5.74, 6) is -0.264. The molecule has 2 atom stereocenters. The maximum Gasteiger partial charge on any atom is 0.145 e. The van der Waals surface area contributed by atoms with Crippen LogP contribution in [0.5, 0.6) is 0 Å². The molecule has 1 aliphatic rings. The molecule has 1 N–H and O–H groups in total. The second-order valence-electron chi connectivity index (χ2n) is 7.72. The smallest absolute Gasteiger partial charge is 0.145 e. The molecule has 4 rings (SSSR count). The van der Waals surface area contributed by atoms with Crippen LogP contribution in [0.4, 0.5) is 4.39 Å². The first-order valence-electron chi connectivity index (χ1n) is 10.3. The normalized spacial score (nSPS) is 16.8. The molecule has 4 nitrogen and oxygen atoms in total. The lowest BCUT2D eigenvalue weighted by Crippen LogP contribution is -2.35. The van der Waals surface area contributed by atoms with Crippen molar-refractivity contribution in [3.05, 3.63) is 106 Å². The Morgan fingerprint density at radius 3 is 2.45 bits per heavy atom. The van der Waals surface area contributed by atoms with Gasteiger partial charge in [0.2, 0.25) is 0 Å². The van der Waals surface area contributed by atoms with E-state index in [1.165, 1.54) is 12.1 Å². The summed E-state index contributed by atoms with van der Waals surface area (Å²) in [6.45, 7) is 1.58. The number of hydrogen-bond donors (Lipinski definition) is 1. The van der Waals surface area contributed by atoms with E-state index in [0.717, 1.165) is 22.4 Å². The molecule has 6 heteroatoms. The molecule has 0 aromatic heterocycles. The van der Waals surface area contributed by atoms with Crippen LogP contribution in [-0.2, 0) is 11.4 Å². The van der Waals surface area contributed by atoms with Crippen LogP contribution >= 0.6 is 11.6 Å². The summed E-state index contributed by atoms with van der Waals surface area (Å²) in [6, 6.07) is 23.6. The molecule has 0 amide bonds. The zero-order valence-corrected chi connectivity index (χ0v) is 17.8. The zero-order chi connectivity index (χ0) is 21.6. The fraction of sp³-hybridized carbons (Fsp3) is 0.240. The predicted molar refractivity (Wildman–Crippen MR) is 121 cm³/mol. The van der Waals surface area contributed by atoms with Gasteiger partial charge < -0.3 is 9.94 Å². The number of nitrogens with zero attached hydrogens (tertiary/aromatic N) is 2. The van der Waals surface area contributed by atoms with Crippen LogP contribution in [0.2, 0.25) is 5.02 Å². The van der Waals surface area contributed by atoms with Crippen molar-refractivity contribution in [3.63, 3.8) is 0 Å². The van der Waals surface area contributed by atoms with Gasteiger partial charge in [0, 0.05) is 31.1 Å². The van der Waals surface area contributed by atoms with Gasteiger partial charge in [0.1, 0.15) is 11.9 Å². The summed E-state index contributed by atoms with van der Waals surface area (Å²) in [5, 5.41) is 15.7. The molecule has 0 bridgehead atoms. The summed E-state index contributed by atoms with van der Waals surface area (Å²) in [5.41, 5.74) is 3.70. The quantitative estimate of drug-likeness (QED) is 0.525. The summed E-state index contributed by atoms with van der Waals surface area (Å²) in [6.07, 6.45) is -0.1000. The number of halogens is 2. The van der Waals surface area contributed by atoms with Crippen molar-refractivity contribution in [3.8, 4) is 0 Å². The molecule has 0 aliphatic carbocycles. The molecule has 0 saturated heterocycles. The second kappa shape index (κ2) is 10.1. The molecule has 0 saturated carbocycles. The van der Waals surface area contributed by atoms with Crippen LogP contribution in [-0.4, -0.2) is 34.9 Å². The van der Waals surface area contributed by atoms with E-state index in [1.807, 2.05) is 54.6 Å². The van der Waals surface area contributed by atoms with E-state index < -0.39 is 6.10 Å². The van der Waals surface area contributed by atoms with Gasteiger partial charge in [-0.1, -0.05) is 71.4 Å². The molecule has 1 heterocycles. The molecule has 160 valence electrons. The highest BCUT2D eigenvalue weighted by Crippen LogP contribution is 2.22. The van der Waals surface area contributed by atoms with Crippen LogP contribution in [0.15, 0.2) is 84.0 Å². The van der Waals surface area contributed by atoms with Gasteiger partial charge in [-0.3, -0.25) is 4.90 Å². The number of benzene rings is 3. The first kappa shape index (κ1) is 21.5. The highest BCUT2D eigenvalue weighted by molar-refractivity contribution is 6.30. The largest absolute Gasteiger partial charge is 0.390 e. The number of aliphatic hydroxyl groups is 1.